The number of nitrogens with one attached hydrogen (secondary N) is 1. The molecule has 1 aliphatic heterocycles. The lowest BCUT2D eigenvalue weighted by atomic mass is 9.73. The first kappa shape index (κ1) is 14.8. The molecule has 0 saturated heterocycles. The van der Waals surface area contributed by atoms with Crippen molar-refractivity contribution in [2.45, 2.75) is 64.3 Å². The third kappa shape index (κ3) is 2.24. The van der Waals surface area contributed by atoms with Crippen LogP contribution in [0.15, 0.2) is 6.07 Å². The van der Waals surface area contributed by atoms with E-state index in [0.29, 0.717) is 12.8 Å². The fraction of sp³-hybridized carbons (Fsp3) is 0.647. The summed E-state index contributed by atoms with van der Waals surface area (Å²) < 4.78 is 28.8. The highest BCUT2D eigenvalue weighted by Gasteiger charge is 2.45. The molecule has 2 nitrogen and oxygen atoms in total. The molecule has 1 aliphatic carbocycles. The number of fused-ring (bicyclic) bond motifs is 2. The lowest BCUT2D eigenvalue weighted by Crippen LogP contribution is -2.33. The van der Waals surface area contributed by atoms with E-state index in [0.717, 1.165) is 28.9 Å². The smallest absolute Gasteiger partial charge is 0.255 e. The molecule has 1 atom stereocenters. The van der Waals surface area contributed by atoms with Crippen LogP contribution >= 0.6 is 0 Å². The zero-order valence-electron chi connectivity index (χ0n) is 13.3. The highest BCUT2D eigenvalue weighted by Crippen LogP contribution is 2.50. The van der Waals surface area contributed by atoms with E-state index in [2.05, 4.69) is 25.3 Å². The summed E-state index contributed by atoms with van der Waals surface area (Å²) in [5.41, 5.74) is 8.89. The Kier molecular flexibility index (Phi) is 3.47. The Bertz CT molecular complexity index is 566. The predicted octanol–water partition coefficient (Wildman–Crippen LogP) is 4.66. The number of hydrogen-bond acceptors (Lipinski definition) is 2. The van der Waals surface area contributed by atoms with Crippen LogP contribution in [0.5, 0.6) is 0 Å². The van der Waals surface area contributed by atoms with Gasteiger partial charge < -0.3 is 5.43 Å². The molecule has 21 heavy (non-hydrogen) atoms. The number of hydrazine groups is 1. The van der Waals surface area contributed by atoms with E-state index in [-0.39, 0.29) is 12.3 Å². The number of benzene rings is 1. The van der Waals surface area contributed by atoms with Crippen LogP contribution in [0.4, 0.5) is 14.5 Å². The van der Waals surface area contributed by atoms with Crippen molar-refractivity contribution in [3.63, 3.8) is 0 Å². The van der Waals surface area contributed by atoms with E-state index in [4.69, 9.17) is 0 Å². The first-order chi connectivity index (χ1) is 9.85. The number of nitrogens with zero attached hydrogens (tertiary/aromatic N) is 1. The number of alkyl halides is 2. The third-order valence-corrected chi connectivity index (χ3v) is 4.88. The van der Waals surface area contributed by atoms with Gasteiger partial charge in [-0.15, -0.1) is 0 Å². The van der Waals surface area contributed by atoms with Gasteiger partial charge in [0.25, 0.3) is 5.92 Å². The zero-order valence-corrected chi connectivity index (χ0v) is 13.3. The van der Waals surface area contributed by atoms with E-state index in [1.54, 1.807) is 0 Å². The van der Waals surface area contributed by atoms with Gasteiger partial charge in [0.15, 0.2) is 0 Å². The Hall–Kier alpha value is -1.16. The Morgan fingerprint density at radius 2 is 2.14 bits per heavy atom. The maximum absolute atomic E-state index is 14.4. The van der Waals surface area contributed by atoms with E-state index in [1.165, 1.54) is 5.56 Å². The van der Waals surface area contributed by atoms with Crippen molar-refractivity contribution in [2.75, 3.05) is 12.5 Å². The quantitative estimate of drug-likeness (QED) is 0.853. The number of aryl methyl sites for hydroxylation is 1. The van der Waals surface area contributed by atoms with Gasteiger partial charge in [-0.3, -0.25) is 0 Å². The largest absolute Gasteiger partial charge is 0.318 e. The van der Waals surface area contributed by atoms with Crippen LogP contribution in [-0.2, 0) is 13.0 Å². The Balaban J connectivity index is 2.24. The van der Waals surface area contributed by atoms with Crippen molar-refractivity contribution >= 4 is 5.69 Å². The van der Waals surface area contributed by atoms with Crippen molar-refractivity contribution in [3.05, 3.63) is 28.3 Å². The van der Waals surface area contributed by atoms with Gasteiger partial charge in [0.2, 0.25) is 0 Å². The summed E-state index contributed by atoms with van der Waals surface area (Å²) in [5, 5.41) is 2.03. The highest BCUT2D eigenvalue weighted by atomic mass is 19.3. The summed E-state index contributed by atoms with van der Waals surface area (Å²) in [6.45, 7) is 6.91. The van der Waals surface area contributed by atoms with Crippen molar-refractivity contribution < 1.29 is 8.78 Å². The van der Waals surface area contributed by atoms with Crippen LogP contribution in [0.1, 0.15) is 67.7 Å². The maximum atomic E-state index is 14.4. The molecule has 0 aromatic heterocycles. The number of hydrogen-bond donors (Lipinski definition) is 1. The Morgan fingerprint density at radius 1 is 1.43 bits per heavy atom. The molecular weight excluding hydrogens is 270 g/mol. The van der Waals surface area contributed by atoms with Crippen molar-refractivity contribution in [1.29, 1.82) is 0 Å². The summed E-state index contributed by atoms with van der Waals surface area (Å²) >= 11 is 0. The SMILES string of the molecule is CCC1c2c(cc3c(c2C(C)C)CN(C)N3)CCC1(F)F. The van der Waals surface area contributed by atoms with Crippen LogP contribution in [0.25, 0.3) is 0 Å². The van der Waals surface area contributed by atoms with Gasteiger partial charge in [-0.1, -0.05) is 20.8 Å². The molecule has 0 spiro atoms. The summed E-state index contributed by atoms with van der Waals surface area (Å²) in [7, 11) is 2.00. The van der Waals surface area contributed by atoms with E-state index in [1.807, 2.05) is 19.0 Å². The first-order valence-electron chi connectivity index (χ1n) is 7.89. The fourth-order valence-electron chi connectivity index (χ4n) is 4.04. The predicted molar refractivity (Wildman–Crippen MR) is 81.9 cm³/mol. The second kappa shape index (κ2) is 4.94. The van der Waals surface area contributed by atoms with Crippen LogP contribution in [-0.4, -0.2) is 18.0 Å². The minimum Gasteiger partial charge on any atom is -0.318 e. The summed E-state index contributed by atoms with van der Waals surface area (Å²) in [4.78, 5) is 0. The lowest BCUT2D eigenvalue weighted by Gasteiger charge is -2.36. The number of rotatable bonds is 2. The zero-order chi connectivity index (χ0) is 15.4. The normalized spacial score (nSPS) is 23.9. The van der Waals surface area contributed by atoms with E-state index < -0.39 is 11.8 Å². The average Bonchev–Trinajstić information content (AvgIpc) is 2.75. The molecular formula is C17H24F2N2. The van der Waals surface area contributed by atoms with E-state index >= 15 is 0 Å². The lowest BCUT2D eigenvalue weighted by molar-refractivity contribution is -0.0429. The molecule has 1 unspecified atom stereocenters. The first-order valence-corrected chi connectivity index (χ1v) is 7.89. The van der Waals surface area contributed by atoms with Crippen LogP contribution in [0.2, 0.25) is 0 Å². The summed E-state index contributed by atoms with van der Waals surface area (Å²) in [6.07, 6.45) is 0.962. The fourth-order valence-corrected chi connectivity index (χ4v) is 4.04. The monoisotopic (exact) mass is 294 g/mol. The average molecular weight is 294 g/mol. The standard InChI is InChI=1S/C17H24F2N2/c1-5-13-16-11(6-7-17(13,18)19)8-14-12(9-21(4)20-14)15(16)10(2)3/h8,10,13,20H,5-7,9H2,1-4H3. The molecule has 2 aliphatic rings. The van der Waals surface area contributed by atoms with Gasteiger partial charge in [-0.2, -0.15) is 0 Å². The van der Waals surface area contributed by atoms with Gasteiger partial charge in [0.1, 0.15) is 0 Å². The van der Waals surface area contributed by atoms with Gasteiger partial charge in [-0.25, -0.2) is 13.8 Å². The van der Waals surface area contributed by atoms with Gasteiger partial charge in [0, 0.05) is 25.9 Å². The van der Waals surface area contributed by atoms with Gasteiger partial charge in [-0.05, 0) is 47.1 Å². The molecule has 0 saturated carbocycles. The minimum atomic E-state index is -2.57. The topological polar surface area (TPSA) is 15.3 Å². The molecule has 3 rings (SSSR count). The molecule has 4 heteroatoms. The summed E-state index contributed by atoms with van der Waals surface area (Å²) in [5.74, 6) is -2.93. The van der Waals surface area contributed by atoms with Crippen LogP contribution < -0.4 is 5.43 Å². The highest BCUT2D eigenvalue weighted by molar-refractivity contribution is 5.64. The number of anilines is 1. The van der Waals surface area contributed by atoms with Gasteiger partial charge in [0.05, 0.1) is 5.69 Å². The van der Waals surface area contributed by atoms with E-state index in [9.17, 15) is 8.78 Å². The van der Waals surface area contributed by atoms with Gasteiger partial charge >= 0.3 is 0 Å². The molecule has 1 N–H and O–H groups in total. The second-order valence-electron chi connectivity index (χ2n) is 6.73. The molecule has 0 radical (unpaired) electrons. The Morgan fingerprint density at radius 3 is 2.76 bits per heavy atom. The molecule has 116 valence electrons. The molecule has 1 heterocycles. The molecule has 1 aromatic rings. The molecule has 0 fully saturated rings. The van der Waals surface area contributed by atoms with Crippen LogP contribution in [0.3, 0.4) is 0 Å². The summed E-state index contributed by atoms with van der Waals surface area (Å²) in [6, 6.07) is 2.11. The van der Waals surface area contributed by atoms with Crippen molar-refractivity contribution in [3.8, 4) is 0 Å². The molecule has 0 bridgehead atoms. The van der Waals surface area contributed by atoms with Crippen molar-refractivity contribution in [1.82, 2.24) is 5.01 Å². The number of halogens is 2. The van der Waals surface area contributed by atoms with Crippen molar-refractivity contribution in [2.24, 2.45) is 0 Å². The third-order valence-electron chi connectivity index (χ3n) is 4.88. The second-order valence-corrected chi connectivity index (χ2v) is 6.73. The van der Waals surface area contributed by atoms with Crippen LogP contribution in [0, 0.1) is 0 Å². The maximum Gasteiger partial charge on any atom is 0.255 e. The minimum absolute atomic E-state index is 0.0231. The molecule has 1 aromatic carbocycles. The Labute approximate surface area is 125 Å². The molecule has 0 amide bonds.